The number of nitrogens with zero attached hydrogens (tertiary/aromatic N) is 2. The second kappa shape index (κ2) is 7.89. The molecular formula is C25H29FN2O4. The minimum Gasteiger partial charge on any atom is -0.490 e. The lowest BCUT2D eigenvalue weighted by Gasteiger charge is -2.29. The summed E-state index contributed by atoms with van der Waals surface area (Å²) in [6, 6.07) is 3.35. The third kappa shape index (κ3) is 3.75. The Morgan fingerprint density at radius 1 is 1.34 bits per heavy atom. The zero-order valence-electron chi connectivity index (χ0n) is 19.4. The Morgan fingerprint density at radius 2 is 2.06 bits per heavy atom. The van der Waals surface area contributed by atoms with Gasteiger partial charge in [0.1, 0.15) is 5.65 Å². The van der Waals surface area contributed by atoms with E-state index in [2.05, 4.69) is 0 Å². The predicted octanol–water partition coefficient (Wildman–Crippen LogP) is 5.26. The number of carboxylic acid groups (broad SMARTS) is 1. The molecule has 4 rings (SSSR count). The number of pyridine rings is 1. The maximum absolute atomic E-state index is 15.2. The number of rotatable bonds is 4. The highest BCUT2D eigenvalue weighted by atomic mass is 19.1. The molecule has 32 heavy (non-hydrogen) atoms. The quantitative estimate of drug-likeness (QED) is 0.599. The molecule has 7 heteroatoms. The molecule has 170 valence electrons. The van der Waals surface area contributed by atoms with Gasteiger partial charge in [0.25, 0.3) is 0 Å². The Bertz CT molecular complexity index is 1220. The van der Waals surface area contributed by atoms with Crippen molar-refractivity contribution in [1.29, 1.82) is 0 Å². The number of aromatic nitrogens is 2. The molecule has 0 bridgehead atoms. The fourth-order valence-corrected chi connectivity index (χ4v) is 4.52. The molecule has 1 aliphatic rings. The summed E-state index contributed by atoms with van der Waals surface area (Å²) in [5, 5.41) is 10.9. The molecule has 0 aliphatic carbocycles. The average Bonchev–Trinajstić information content (AvgIpc) is 3.08. The van der Waals surface area contributed by atoms with Crippen LogP contribution in [0, 0.1) is 19.7 Å². The van der Waals surface area contributed by atoms with E-state index in [1.807, 2.05) is 51.6 Å². The molecule has 3 aromatic rings. The fraction of sp³-hybridized carbons (Fsp3) is 0.440. The molecule has 0 unspecified atom stereocenters. The molecule has 0 amide bonds. The van der Waals surface area contributed by atoms with E-state index in [-0.39, 0.29) is 0 Å². The summed E-state index contributed by atoms with van der Waals surface area (Å²) < 4.78 is 28.7. The zero-order chi connectivity index (χ0) is 23.4. The number of ether oxygens (including phenoxy) is 2. The van der Waals surface area contributed by atoms with Crippen LogP contribution in [0.4, 0.5) is 4.39 Å². The van der Waals surface area contributed by atoms with Gasteiger partial charge in [0.05, 0.1) is 12.2 Å². The van der Waals surface area contributed by atoms with E-state index in [1.54, 1.807) is 6.92 Å². The molecule has 0 fully saturated rings. The van der Waals surface area contributed by atoms with Crippen LogP contribution >= 0.6 is 0 Å². The first-order valence-electron chi connectivity index (χ1n) is 10.8. The minimum atomic E-state index is -1.25. The van der Waals surface area contributed by atoms with E-state index < -0.39 is 23.5 Å². The first-order chi connectivity index (χ1) is 15.0. The summed E-state index contributed by atoms with van der Waals surface area (Å²) in [6.45, 7) is 9.65. The zero-order valence-corrected chi connectivity index (χ0v) is 19.4. The van der Waals surface area contributed by atoms with E-state index in [0.717, 1.165) is 22.9 Å². The number of benzene rings is 1. The van der Waals surface area contributed by atoms with Gasteiger partial charge in [0, 0.05) is 41.0 Å². The van der Waals surface area contributed by atoms with Gasteiger partial charge in [-0.2, -0.15) is 0 Å². The van der Waals surface area contributed by atoms with Crippen LogP contribution in [0.25, 0.3) is 22.2 Å². The van der Waals surface area contributed by atoms with Crippen LogP contribution in [0.1, 0.15) is 55.7 Å². The molecule has 0 saturated heterocycles. The monoisotopic (exact) mass is 440 g/mol. The first kappa shape index (κ1) is 22.3. The Morgan fingerprint density at radius 3 is 2.72 bits per heavy atom. The summed E-state index contributed by atoms with van der Waals surface area (Å²) in [6.07, 6.45) is 2.14. The van der Waals surface area contributed by atoms with Crippen molar-refractivity contribution in [2.45, 2.75) is 59.2 Å². The number of fused-ring (bicyclic) bond motifs is 2. The molecule has 0 radical (unpaired) electrons. The highest BCUT2D eigenvalue weighted by Crippen LogP contribution is 2.44. The summed E-state index contributed by atoms with van der Waals surface area (Å²) in [4.78, 5) is 17.1. The molecule has 1 N–H and O–H groups in total. The van der Waals surface area contributed by atoms with Gasteiger partial charge in [-0.25, -0.2) is 14.2 Å². The van der Waals surface area contributed by atoms with E-state index in [9.17, 15) is 9.90 Å². The van der Waals surface area contributed by atoms with Crippen molar-refractivity contribution in [1.82, 2.24) is 9.55 Å². The first-order valence-corrected chi connectivity index (χ1v) is 10.8. The van der Waals surface area contributed by atoms with Crippen molar-refractivity contribution >= 4 is 17.0 Å². The number of aryl methyl sites for hydroxylation is 2. The normalized spacial score (nSPS) is 14.8. The van der Waals surface area contributed by atoms with Crippen LogP contribution < -0.4 is 4.74 Å². The predicted molar refractivity (Wildman–Crippen MR) is 121 cm³/mol. The van der Waals surface area contributed by atoms with E-state index in [0.29, 0.717) is 46.8 Å². The molecule has 1 aromatic carbocycles. The molecule has 3 heterocycles. The average molecular weight is 441 g/mol. The highest BCUT2D eigenvalue weighted by molar-refractivity contribution is 5.99. The van der Waals surface area contributed by atoms with Crippen molar-refractivity contribution in [2.75, 3.05) is 6.61 Å². The number of hydrogen-bond donors (Lipinski definition) is 1. The van der Waals surface area contributed by atoms with Crippen molar-refractivity contribution in [3.63, 3.8) is 0 Å². The van der Waals surface area contributed by atoms with Crippen LogP contribution in [0.5, 0.6) is 5.75 Å². The molecule has 1 aliphatic heterocycles. The number of hydrogen-bond acceptors (Lipinski definition) is 4. The third-order valence-corrected chi connectivity index (χ3v) is 5.91. The second-order valence-corrected chi connectivity index (χ2v) is 9.39. The second-order valence-electron chi connectivity index (χ2n) is 9.39. The van der Waals surface area contributed by atoms with Crippen LogP contribution in [-0.2, 0) is 23.0 Å². The molecule has 1 atom stereocenters. The van der Waals surface area contributed by atoms with E-state index in [4.69, 9.17) is 14.5 Å². The van der Waals surface area contributed by atoms with Crippen molar-refractivity contribution in [3.8, 4) is 16.9 Å². The molecule has 0 saturated carbocycles. The molecule has 6 nitrogen and oxygen atoms in total. The van der Waals surface area contributed by atoms with Crippen molar-refractivity contribution in [2.24, 2.45) is 7.05 Å². The maximum Gasteiger partial charge on any atom is 0.337 e. The lowest BCUT2D eigenvalue weighted by molar-refractivity contribution is -0.160. The lowest BCUT2D eigenvalue weighted by Crippen LogP contribution is -2.28. The van der Waals surface area contributed by atoms with Gasteiger partial charge in [0.15, 0.2) is 17.7 Å². The molecular weight excluding hydrogens is 411 g/mol. The number of halogens is 1. The lowest BCUT2D eigenvalue weighted by atomic mass is 9.86. The number of aliphatic carboxylic acids is 1. The van der Waals surface area contributed by atoms with Gasteiger partial charge < -0.3 is 19.1 Å². The van der Waals surface area contributed by atoms with Gasteiger partial charge in [-0.3, -0.25) is 0 Å². The summed E-state index contributed by atoms with van der Waals surface area (Å²) in [5.74, 6) is -1.25. The number of carboxylic acids is 1. The van der Waals surface area contributed by atoms with Gasteiger partial charge in [-0.15, -0.1) is 0 Å². The standard InChI is InChI=1S/C25H29FN2O4/c1-13-15-8-7-11-31-21(15)18(26)12-17(13)20-16-9-10-28(6)23(16)27-14(2)19(20)22(24(29)30)32-25(3,4)5/h9-10,12,22H,7-8,11H2,1-6H3,(H,29,30)/t22-/m0/s1. The highest BCUT2D eigenvalue weighted by Gasteiger charge is 2.34. The minimum absolute atomic E-state index is 0.301. The maximum atomic E-state index is 15.2. The van der Waals surface area contributed by atoms with Crippen molar-refractivity contribution in [3.05, 3.63) is 46.5 Å². The van der Waals surface area contributed by atoms with Crippen LogP contribution in [0.15, 0.2) is 18.3 Å². The third-order valence-electron chi connectivity index (χ3n) is 5.91. The van der Waals surface area contributed by atoms with Gasteiger partial charge >= 0.3 is 5.97 Å². The fourth-order valence-electron chi connectivity index (χ4n) is 4.52. The summed E-state index contributed by atoms with van der Waals surface area (Å²) in [5.41, 5.74) is 4.00. The summed E-state index contributed by atoms with van der Waals surface area (Å²) >= 11 is 0. The Labute approximate surface area is 187 Å². The molecule has 2 aromatic heterocycles. The Hall–Kier alpha value is -2.93. The summed E-state index contributed by atoms with van der Waals surface area (Å²) in [7, 11) is 1.88. The van der Waals surface area contributed by atoms with Crippen LogP contribution in [0.3, 0.4) is 0 Å². The van der Waals surface area contributed by atoms with Crippen LogP contribution in [-0.4, -0.2) is 32.8 Å². The van der Waals surface area contributed by atoms with Gasteiger partial charge in [-0.05, 0) is 70.7 Å². The Kier molecular flexibility index (Phi) is 5.49. The smallest absolute Gasteiger partial charge is 0.337 e. The Balaban J connectivity index is 2.10. The molecule has 0 spiro atoms. The largest absolute Gasteiger partial charge is 0.490 e. The van der Waals surface area contributed by atoms with Crippen molar-refractivity contribution < 1.29 is 23.8 Å². The topological polar surface area (TPSA) is 73.6 Å². The number of carbonyl (C=O) groups is 1. The van der Waals surface area contributed by atoms with Gasteiger partial charge in [0.2, 0.25) is 0 Å². The SMILES string of the molecule is Cc1nc2c(ccn2C)c(-c2cc(F)c3c(c2C)CCCO3)c1[C@H](OC(C)(C)C)C(=O)O. The van der Waals surface area contributed by atoms with E-state index in [1.165, 1.54) is 6.07 Å². The van der Waals surface area contributed by atoms with Gasteiger partial charge in [-0.1, -0.05) is 0 Å². The van der Waals surface area contributed by atoms with Crippen LogP contribution in [0.2, 0.25) is 0 Å². The van der Waals surface area contributed by atoms with E-state index >= 15 is 4.39 Å².